The Balaban J connectivity index is 2.21. The first kappa shape index (κ1) is 14.3. The molecule has 3 atom stereocenters. The summed E-state index contributed by atoms with van der Waals surface area (Å²) in [7, 11) is -3.47. The number of aryl methyl sites for hydroxylation is 1. The van der Waals surface area contributed by atoms with Gasteiger partial charge in [-0.05, 0) is 49.3 Å². The largest absolute Gasteiger partial charge is 0.398 e. The molecule has 1 aliphatic rings. The van der Waals surface area contributed by atoms with Gasteiger partial charge in [0.05, 0.1) is 4.90 Å². The SMILES string of the molecule is Cc1ccc(S(=O)(=O)NC2CCC(C)C2C)cc1N. The molecular formula is C14H22N2O2S. The van der Waals surface area contributed by atoms with Gasteiger partial charge in [-0.1, -0.05) is 19.9 Å². The van der Waals surface area contributed by atoms with Gasteiger partial charge >= 0.3 is 0 Å². The van der Waals surface area contributed by atoms with Gasteiger partial charge < -0.3 is 5.73 Å². The standard InChI is InChI=1S/C14H22N2O2S/c1-9-5-7-14(11(9)3)16-19(17,18)12-6-4-10(2)13(15)8-12/h4,6,8-9,11,14,16H,5,7,15H2,1-3H3. The fraction of sp³-hybridized carbons (Fsp3) is 0.571. The topological polar surface area (TPSA) is 72.2 Å². The van der Waals surface area contributed by atoms with E-state index in [1.165, 1.54) is 6.07 Å². The fourth-order valence-electron chi connectivity index (χ4n) is 2.58. The molecule has 5 heteroatoms. The minimum Gasteiger partial charge on any atom is -0.398 e. The number of hydrogen-bond donors (Lipinski definition) is 2. The van der Waals surface area contributed by atoms with Crippen LogP contribution in [0.25, 0.3) is 0 Å². The molecule has 1 saturated carbocycles. The van der Waals surface area contributed by atoms with Crippen molar-refractivity contribution in [1.29, 1.82) is 0 Å². The van der Waals surface area contributed by atoms with Crippen molar-refractivity contribution in [2.24, 2.45) is 11.8 Å². The number of anilines is 1. The predicted octanol–water partition coefficient (Wildman–Crippen LogP) is 2.29. The summed E-state index contributed by atoms with van der Waals surface area (Å²) in [6, 6.07) is 4.91. The third-order valence-electron chi connectivity index (χ3n) is 4.33. The molecule has 0 saturated heterocycles. The van der Waals surface area contributed by atoms with Crippen LogP contribution in [0.1, 0.15) is 32.3 Å². The van der Waals surface area contributed by atoms with Crippen molar-refractivity contribution in [2.45, 2.75) is 44.6 Å². The van der Waals surface area contributed by atoms with Gasteiger partial charge in [-0.25, -0.2) is 13.1 Å². The molecular weight excluding hydrogens is 260 g/mol. The van der Waals surface area contributed by atoms with Crippen LogP contribution in [0.2, 0.25) is 0 Å². The van der Waals surface area contributed by atoms with Crippen LogP contribution in [0.4, 0.5) is 5.69 Å². The molecule has 1 aromatic carbocycles. The summed E-state index contributed by atoms with van der Waals surface area (Å²) in [6.45, 7) is 6.14. The Morgan fingerprint density at radius 3 is 2.47 bits per heavy atom. The number of hydrogen-bond acceptors (Lipinski definition) is 3. The predicted molar refractivity (Wildman–Crippen MR) is 77.3 cm³/mol. The molecule has 1 fully saturated rings. The molecule has 1 aromatic rings. The molecule has 0 heterocycles. The van der Waals surface area contributed by atoms with Crippen LogP contribution >= 0.6 is 0 Å². The quantitative estimate of drug-likeness (QED) is 0.835. The first-order valence-electron chi connectivity index (χ1n) is 6.69. The molecule has 3 unspecified atom stereocenters. The van der Waals surface area contributed by atoms with E-state index in [1.54, 1.807) is 12.1 Å². The first-order valence-corrected chi connectivity index (χ1v) is 8.18. The molecule has 19 heavy (non-hydrogen) atoms. The van der Waals surface area contributed by atoms with Crippen LogP contribution in [0, 0.1) is 18.8 Å². The summed E-state index contributed by atoms with van der Waals surface area (Å²) >= 11 is 0. The fourth-order valence-corrected chi connectivity index (χ4v) is 3.98. The Kier molecular flexibility index (Phi) is 3.87. The zero-order valence-electron chi connectivity index (χ0n) is 11.7. The van der Waals surface area contributed by atoms with Crippen molar-refractivity contribution < 1.29 is 8.42 Å². The van der Waals surface area contributed by atoms with Gasteiger partial charge in [0.1, 0.15) is 0 Å². The Labute approximate surface area is 115 Å². The Morgan fingerprint density at radius 1 is 1.26 bits per heavy atom. The van der Waals surface area contributed by atoms with E-state index in [1.807, 2.05) is 6.92 Å². The summed E-state index contributed by atoms with van der Waals surface area (Å²) < 4.78 is 27.5. The molecule has 0 spiro atoms. The second-order valence-electron chi connectivity index (χ2n) is 5.66. The van der Waals surface area contributed by atoms with Crippen LogP contribution in [-0.4, -0.2) is 14.5 Å². The van der Waals surface area contributed by atoms with Crippen LogP contribution in [0.3, 0.4) is 0 Å². The molecule has 0 amide bonds. The maximum Gasteiger partial charge on any atom is 0.240 e. The lowest BCUT2D eigenvalue weighted by atomic mass is 9.98. The second kappa shape index (κ2) is 5.13. The number of sulfonamides is 1. The van der Waals surface area contributed by atoms with Crippen molar-refractivity contribution in [3.05, 3.63) is 23.8 Å². The Hall–Kier alpha value is -1.07. The Bertz CT molecular complexity index is 569. The molecule has 0 aliphatic heterocycles. The molecule has 0 radical (unpaired) electrons. The van der Waals surface area contributed by atoms with Gasteiger partial charge in [0.2, 0.25) is 10.0 Å². The van der Waals surface area contributed by atoms with E-state index in [4.69, 9.17) is 5.73 Å². The highest BCUT2D eigenvalue weighted by Crippen LogP contribution is 2.32. The van der Waals surface area contributed by atoms with Crippen LogP contribution < -0.4 is 10.5 Å². The van der Waals surface area contributed by atoms with Gasteiger partial charge in [-0.2, -0.15) is 0 Å². The molecule has 0 aromatic heterocycles. The Morgan fingerprint density at radius 2 is 1.95 bits per heavy atom. The lowest BCUT2D eigenvalue weighted by Gasteiger charge is -2.19. The minimum atomic E-state index is -3.47. The zero-order chi connectivity index (χ0) is 14.2. The highest BCUT2D eigenvalue weighted by Gasteiger charge is 2.33. The molecule has 0 bridgehead atoms. The lowest BCUT2D eigenvalue weighted by Crippen LogP contribution is -2.37. The highest BCUT2D eigenvalue weighted by atomic mass is 32.2. The molecule has 1 aliphatic carbocycles. The summed E-state index contributed by atoms with van der Waals surface area (Å²) in [4.78, 5) is 0.252. The second-order valence-corrected chi connectivity index (χ2v) is 7.37. The summed E-state index contributed by atoms with van der Waals surface area (Å²) in [5.41, 5.74) is 7.18. The average Bonchev–Trinajstić information content (AvgIpc) is 2.64. The highest BCUT2D eigenvalue weighted by molar-refractivity contribution is 7.89. The van der Waals surface area contributed by atoms with Gasteiger partial charge in [-0.3, -0.25) is 0 Å². The van der Waals surface area contributed by atoms with E-state index >= 15 is 0 Å². The third kappa shape index (κ3) is 2.92. The van der Waals surface area contributed by atoms with Crippen molar-refractivity contribution in [3.63, 3.8) is 0 Å². The normalized spacial score (nSPS) is 27.6. The van der Waals surface area contributed by atoms with Gasteiger partial charge in [-0.15, -0.1) is 0 Å². The average molecular weight is 282 g/mol. The maximum absolute atomic E-state index is 12.3. The first-order chi connectivity index (χ1) is 8.81. The smallest absolute Gasteiger partial charge is 0.240 e. The van der Waals surface area contributed by atoms with E-state index in [0.717, 1.165) is 18.4 Å². The van der Waals surface area contributed by atoms with E-state index in [9.17, 15) is 8.42 Å². The number of nitrogen functional groups attached to an aromatic ring is 1. The molecule has 4 nitrogen and oxygen atoms in total. The number of nitrogens with one attached hydrogen (secondary N) is 1. The lowest BCUT2D eigenvalue weighted by molar-refractivity contribution is 0.402. The van der Waals surface area contributed by atoms with Gasteiger partial charge in [0, 0.05) is 11.7 Å². The van der Waals surface area contributed by atoms with Crippen molar-refractivity contribution >= 4 is 15.7 Å². The van der Waals surface area contributed by atoms with E-state index < -0.39 is 10.0 Å². The van der Waals surface area contributed by atoms with E-state index in [-0.39, 0.29) is 10.9 Å². The van der Waals surface area contributed by atoms with Crippen LogP contribution in [0.15, 0.2) is 23.1 Å². The molecule has 106 valence electrons. The monoisotopic (exact) mass is 282 g/mol. The van der Waals surface area contributed by atoms with Crippen LogP contribution in [-0.2, 0) is 10.0 Å². The maximum atomic E-state index is 12.3. The summed E-state index contributed by atoms with van der Waals surface area (Å²) in [5.74, 6) is 0.938. The number of benzene rings is 1. The molecule has 3 N–H and O–H groups in total. The van der Waals surface area contributed by atoms with Crippen molar-refractivity contribution in [2.75, 3.05) is 5.73 Å². The number of rotatable bonds is 3. The van der Waals surface area contributed by atoms with E-state index in [2.05, 4.69) is 18.6 Å². The van der Waals surface area contributed by atoms with E-state index in [0.29, 0.717) is 17.5 Å². The van der Waals surface area contributed by atoms with Gasteiger partial charge in [0.15, 0.2) is 0 Å². The summed E-state index contributed by atoms with van der Waals surface area (Å²) in [5, 5.41) is 0. The third-order valence-corrected chi connectivity index (χ3v) is 5.82. The molecule has 2 rings (SSSR count). The number of nitrogens with two attached hydrogens (primary N) is 1. The van der Waals surface area contributed by atoms with Crippen molar-refractivity contribution in [1.82, 2.24) is 4.72 Å². The van der Waals surface area contributed by atoms with Crippen LogP contribution in [0.5, 0.6) is 0 Å². The minimum absolute atomic E-state index is 0.0301. The van der Waals surface area contributed by atoms with Gasteiger partial charge in [0.25, 0.3) is 0 Å². The zero-order valence-corrected chi connectivity index (χ0v) is 12.5. The van der Waals surface area contributed by atoms with Crippen molar-refractivity contribution in [3.8, 4) is 0 Å². The summed E-state index contributed by atoms with van der Waals surface area (Å²) in [6.07, 6.45) is 1.98.